The molecule has 7 nitrogen and oxygen atoms in total. The number of hydrogen-bond acceptors (Lipinski definition) is 4. The maximum Gasteiger partial charge on any atom is 0.282 e. The van der Waals surface area contributed by atoms with E-state index < -0.39 is 11.7 Å². The summed E-state index contributed by atoms with van der Waals surface area (Å²) in [7, 11) is 0. The standard InChI is InChI=1S/C20H21FN4O3/c1-11(2)18(21)20(28)24-9-13-4-5-14(10-24)25(13)19(27)12-3-6-15-16(7-12)22-8-17(26)23-15/h3,6-8,13-14H,4-5,9-10H2,1-2H3,(H,23,26). The molecule has 146 valence electrons. The van der Waals surface area contributed by atoms with E-state index in [2.05, 4.69) is 9.97 Å². The first-order chi connectivity index (χ1) is 13.3. The summed E-state index contributed by atoms with van der Waals surface area (Å²) in [4.78, 5) is 46.9. The van der Waals surface area contributed by atoms with Crippen molar-refractivity contribution in [2.75, 3.05) is 13.1 Å². The van der Waals surface area contributed by atoms with Gasteiger partial charge in [0, 0.05) is 18.7 Å². The van der Waals surface area contributed by atoms with E-state index in [4.69, 9.17) is 0 Å². The third-order valence-corrected chi connectivity index (χ3v) is 5.45. The van der Waals surface area contributed by atoms with Crippen molar-refractivity contribution in [1.29, 1.82) is 0 Å². The molecular formula is C20H21FN4O3. The van der Waals surface area contributed by atoms with Crippen molar-refractivity contribution >= 4 is 22.8 Å². The number of rotatable bonds is 2. The second-order valence-electron chi connectivity index (χ2n) is 7.60. The number of aromatic amines is 1. The number of H-pyrrole nitrogens is 1. The third kappa shape index (κ3) is 3.08. The SMILES string of the molecule is CC(C)=C(F)C(=O)N1CC2CCC(C1)N2C(=O)c1ccc2[nH]c(=O)cnc2c1. The summed E-state index contributed by atoms with van der Waals surface area (Å²) >= 11 is 0. The van der Waals surface area contributed by atoms with Gasteiger partial charge in [-0.3, -0.25) is 14.4 Å². The fraction of sp³-hybridized carbons (Fsp3) is 0.400. The van der Waals surface area contributed by atoms with Crippen LogP contribution < -0.4 is 5.56 Å². The van der Waals surface area contributed by atoms with Crippen LogP contribution in [0.3, 0.4) is 0 Å². The zero-order valence-electron chi connectivity index (χ0n) is 15.7. The van der Waals surface area contributed by atoms with E-state index in [1.165, 1.54) is 11.1 Å². The summed E-state index contributed by atoms with van der Waals surface area (Å²) in [5.74, 6) is -1.44. The molecule has 0 saturated carbocycles. The Kier molecular flexibility index (Phi) is 4.49. The minimum absolute atomic E-state index is 0.126. The van der Waals surface area contributed by atoms with Gasteiger partial charge in [-0.15, -0.1) is 0 Å². The van der Waals surface area contributed by atoms with Gasteiger partial charge in [0.15, 0.2) is 5.83 Å². The Bertz CT molecular complexity index is 1040. The molecule has 2 amide bonds. The van der Waals surface area contributed by atoms with E-state index in [0.717, 1.165) is 12.8 Å². The number of benzene rings is 1. The fourth-order valence-corrected chi connectivity index (χ4v) is 4.07. The Hall–Kier alpha value is -3.03. The van der Waals surface area contributed by atoms with Crippen molar-refractivity contribution in [2.45, 2.75) is 38.8 Å². The lowest BCUT2D eigenvalue weighted by atomic mass is 10.1. The van der Waals surface area contributed by atoms with Crippen molar-refractivity contribution in [2.24, 2.45) is 0 Å². The van der Waals surface area contributed by atoms with E-state index >= 15 is 0 Å². The lowest BCUT2D eigenvalue weighted by molar-refractivity contribution is -0.131. The smallest absolute Gasteiger partial charge is 0.282 e. The first-order valence-electron chi connectivity index (χ1n) is 9.29. The van der Waals surface area contributed by atoms with E-state index in [9.17, 15) is 18.8 Å². The van der Waals surface area contributed by atoms with Crippen LogP contribution in [-0.4, -0.2) is 56.8 Å². The number of nitrogens with one attached hydrogen (secondary N) is 1. The molecule has 3 heterocycles. The largest absolute Gasteiger partial charge is 0.333 e. The summed E-state index contributed by atoms with van der Waals surface area (Å²) in [6.45, 7) is 3.81. The Balaban J connectivity index is 1.57. The Labute approximate surface area is 160 Å². The molecule has 28 heavy (non-hydrogen) atoms. The summed E-state index contributed by atoms with van der Waals surface area (Å²) < 4.78 is 14.1. The highest BCUT2D eigenvalue weighted by molar-refractivity contribution is 5.98. The van der Waals surface area contributed by atoms with E-state index in [1.54, 1.807) is 32.0 Å². The molecular weight excluding hydrogens is 363 g/mol. The van der Waals surface area contributed by atoms with Crippen molar-refractivity contribution < 1.29 is 14.0 Å². The van der Waals surface area contributed by atoms with Gasteiger partial charge in [-0.2, -0.15) is 0 Å². The van der Waals surface area contributed by atoms with Gasteiger partial charge in [0.25, 0.3) is 17.4 Å². The summed E-state index contributed by atoms with van der Waals surface area (Å²) in [5, 5.41) is 0. The lowest BCUT2D eigenvalue weighted by Gasteiger charge is -2.41. The van der Waals surface area contributed by atoms with Crippen LogP contribution in [0.1, 0.15) is 37.0 Å². The molecule has 2 unspecified atom stereocenters. The van der Waals surface area contributed by atoms with Crippen molar-refractivity contribution in [1.82, 2.24) is 19.8 Å². The fourth-order valence-electron chi connectivity index (χ4n) is 4.07. The normalized spacial score (nSPS) is 21.1. The molecule has 0 spiro atoms. The molecule has 0 aliphatic carbocycles. The van der Waals surface area contributed by atoms with Crippen molar-refractivity contribution in [3.63, 3.8) is 0 Å². The second-order valence-corrected chi connectivity index (χ2v) is 7.60. The maximum atomic E-state index is 14.1. The second kappa shape index (κ2) is 6.85. The summed E-state index contributed by atoms with van der Waals surface area (Å²) in [5.41, 5.74) is 1.66. The molecule has 1 aromatic heterocycles. The highest BCUT2D eigenvalue weighted by atomic mass is 19.1. The Morgan fingerprint density at radius 3 is 2.50 bits per heavy atom. The molecule has 2 atom stereocenters. The van der Waals surface area contributed by atoms with Gasteiger partial charge in [-0.05, 0) is 50.5 Å². The van der Waals surface area contributed by atoms with Gasteiger partial charge in [0.05, 0.1) is 29.3 Å². The minimum Gasteiger partial charge on any atom is -0.333 e. The number of nitrogens with zero attached hydrogens (tertiary/aromatic N) is 3. The average molecular weight is 384 g/mol. The molecule has 2 bridgehead atoms. The predicted octanol–water partition coefficient (Wildman–Crippen LogP) is 2.00. The number of fused-ring (bicyclic) bond motifs is 3. The number of halogens is 1. The van der Waals surface area contributed by atoms with E-state index in [-0.39, 0.29) is 23.6 Å². The van der Waals surface area contributed by atoms with Gasteiger partial charge >= 0.3 is 0 Å². The topological polar surface area (TPSA) is 86.4 Å². The first-order valence-corrected chi connectivity index (χ1v) is 9.29. The zero-order chi connectivity index (χ0) is 20.0. The number of carbonyl (C=O) groups is 2. The zero-order valence-corrected chi connectivity index (χ0v) is 15.7. The molecule has 8 heteroatoms. The van der Waals surface area contributed by atoms with Crippen LogP contribution in [0.2, 0.25) is 0 Å². The molecule has 0 radical (unpaired) electrons. The molecule has 1 N–H and O–H groups in total. The van der Waals surface area contributed by atoms with Crippen LogP contribution in [0.15, 0.2) is 40.6 Å². The van der Waals surface area contributed by atoms with Crippen LogP contribution in [-0.2, 0) is 4.79 Å². The van der Waals surface area contributed by atoms with Crippen LogP contribution in [0.5, 0.6) is 0 Å². The average Bonchev–Trinajstić information content (AvgIpc) is 2.94. The van der Waals surface area contributed by atoms with Gasteiger partial charge in [0.2, 0.25) is 0 Å². The molecule has 2 aromatic rings. The van der Waals surface area contributed by atoms with Gasteiger partial charge in [-0.1, -0.05) is 0 Å². The highest BCUT2D eigenvalue weighted by Crippen LogP contribution is 2.32. The third-order valence-electron chi connectivity index (χ3n) is 5.45. The number of allylic oxidation sites excluding steroid dienone is 1. The van der Waals surface area contributed by atoms with Crippen LogP contribution in [0, 0.1) is 0 Å². The Morgan fingerprint density at radius 1 is 1.18 bits per heavy atom. The number of likely N-dealkylation sites (tertiary alicyclic amines) is 1. The van der Waals surface area contributed by atoms with Crippen LogP contribution >= 0.6 is 0 Å². The maximum absolute atomic E-state index is 14.1. The lowest BCUT2D eigenvalue weighted by Crippen LogP contribution is -2.57. The molecule has 2 aliphatic heterocycles. The number of hydrogen-bond donors (Lipinski definition) is 1. The predicted molar refractivity (Wildman–Crippen MR) is 101 cm³/mol. The monoisotopic (exact) mass is 384 g/mol. The van der Waals surface area contributed by atoms with E-state index in [0.29, 0.717) is 35.3 Å². The summed E-state index contributed by atoms with van der Waals surface area (Å²) in [6.07, 6.45) is 2.76. The first kappa shape index (κ1) is 18.3. The van der Waals surface area contributed by atoms with Crippen LogP contribution in [0.25, 0.3) is 11.0 Å². The number of carbonyl (C=O) groups excluding carboxylic acids is 2. The van der Waals surface area contributed by atoms with Crippen molar-refractivity contribution in [3.05, 3.63) is 51.7 Å². The Morgan fingerprint density at radius 2 is 1.86 bits per heavy atom. The molecule has 2 saturated heterocycles. The van der Waals surface area contributed by atoms with Crippen molar-refractivity contribution in [3.8, 4) is 0 Å². The molecule has 2 fully saturated rings. The van der Waals surface area contributed by atoms with Crippen LogP contribution in [0.4, 0.5) is 4.39 Å². The van der Waals surface area contributed by atoms with Gasteiger partial charge in [0.1, 0.15) is 0 Å². The van der Waals surface area contributed by atoms with Gasteiger partial charge in [-0.25, -0.2) is 9.37 Å². The van der Waals surface area contributed by atoms with E-state index in [1.807, 2.05) is 4.90 Å². The number of piperazine rings is 1. The quantitative estimate of drug-likeness (QED) is 0.803. The minimum atomic E-state index is -0.714. The van der Waals surface area contributed by atoms with Gasteiger partial charge < -0.3 is 14.8 Å². The molecule has 4 rings (SSSR count). The molecule has 1 aromatic carbocycles. The summed E-state index contributed by atoms with van der Waals surface area (Å²) in [6, 6.07) is 4.75. The number of aromatic nitrogens is 2. The number of amides is 2. The molecule has 2 aliphatic rings. The highest BCUT2D eigenvalue weighted by Gasteiger charge is 2.44.